The molecule has 1 fully saturated rings. The van der Waals surface area contributed by atoms with Gasteiger partial charge in [-0.25, -0.2) is 8.42 Å². The standard InChI is InChI=1S/C40H39N3O10S3.CH5N/c1-3-41-26-27-20-22-43(23-21-27)54(44,45)39-7-5-4-6-36(39)40-34-18-10-29(42(2)28-8-14-32(15-9-28)55(46,47)48)24-37(34)53-38-25-31(13-19-35(38)40)52-30-11-16-33(17-12-30)56(49,50)51;1-2/h4-19,24-25,27,41H,3,20-23,26H2,1-2H3,(H-,46,47,48,49,50,51);2H2,1H3/p+1. The number of nitrogens with two attached hydrogens (primary N) is 1. The number of ether oxygens (including phenoxy) is 1. The highest BCUT2D eigenvalue weighted by atomic mass is 32.2. The van der Waals surface area contributed by atoms with E-state index in [1.54, 1.807) is 76.6 Å². The highest BCUT2D eigenvalue weighted by molar-refractivity contribution is 7.89. The maximum absolute atomic E-state index is 14.5. The number of sulfonamides is 1. The Hall–Kier alpha value is -4.98. The van der Waals surface area contributed by atoms with E-state index in [4.69, 9.17) is 9.15 Å². The molecule has 58 heavy (non-hydrogen) atoms. The van der Waals surface area contributed by atoms with Crippen molar-refractivity contribution in [3.05, 3.63) is 115 Å². The van der Waals surface area contributed by atoms with Gasteiger partial charge in [0.15, 0.2) is 0 Å². The zero-order chi connectivity index (χ0) is 41.8. The molecule has 0 bridgehead atoms. The largest absolute Gasteiger partial charge is 0.457 e. The Bertz CT molecular complexity index is 2800. The number of hydrogen-bond acceptors (Lipinski definition) is 10. The van der Waals surface area contributed by atoms with Gasteiger partial charge in [-0.2, -0.15) is 25.7 Å². The summed E-state index contributed by atoms with van der Waals surface area (Å²) in [7, 11) is -9.41. The van der Waals surface area contributed by atoms with Gasteiger partial charge in [-0.1, -0.05) is 25.1 Å². The SMILES string of the molecule is CCNCC1CCN(S(=O)(=O)c2ccccc2-c2c3ccc(=[N+](C)c4ccc(S(=O)(=O)O)cc4)cc-3oc3cc(Oc4ccc(S(=O)(=O)O)cc4)ccc23)CC1.CN. The van der Waals surface area contributed by atoms with Crippen molar-refractivity contribution in [3.63, 3.8) is 0 Å². The summed E-state index contributed by atoms with van der Waals surface area (Å²) in [5, 5.41) is 4.65. The van der Waals surface area contributed by atoms with Crippen LogP contribution in [-0.4, -0.2) is 78.9 Å². The molecule has 0 spiro atoms. The minimum atomic E-state index is -4.39. The average molecular weight is 850 g/mol. The van der Waals surface area contributed by atoms with Gasteiger partial charge in [-0.3, -0.25) is 9.11 Å². The van der Waals surface area contributed by atoms with E-state index in [1.807, 2.05) is 12.1 Å². The average Bonchev–Trinajstić information content (AvgIpc) is 3.22. The molecule has 7 rings (SSSR count). The number of rotatable bonds is 11. The van der Waals surface area contributed by atoms with Gasteiger partial charge in [0, 0.05) is 59.4 Å². The van der Waals surface area contributed by atoms with Crippen LogP contribution in [0, 0.1) is 5.92 Å². The Balaban J connectivity index is 0.00000279. The highest BCUT2D eigenvalue weighted by Gasteiger charge is 2.32. The number of piperidine rings is 1. The Kier molecular flexibility index (Phi) is 12.8. The predicted molar refractivity (Wildman–Crippen MR) is 222 cm³/mol. The first-order chi connectivity index (χ1) is 27.6. The van der Waals surface area contributed by atoms with Crippen LogP contribution in [0.4, 0.5) is 5.69 Å². The summed E-state index contributed by atoms with van der Waals surface area (Å²) >= 11 is 0. The van der Waals surface area contributed by atoms with Crippen molar-refractivity contribution >= 4 is 46.9 Å². The van der Waals surface area contributed by atoms with E-state index in [9.17, 15) is 34.4 Å². The van der Waals surface area contributed by atoms with E-state index in [1.165, 1.54) is 43.4 Å². The van der Waals surface area contributed by atoms with Gasteiger partial charge in [-0.15, -0.1) is 0 Å². The van der Waals surface area contributed by atoms with Crippen LogP contribution >= 0.6 is 0 Å². The second-order valence-corrected chi connectivity index (χ2v) is 18.3. The molecule has 306 valence electrons. The van der Waals surface area contributed by atoms with Gasteiger partial charge in [0.05, 0.1) is 20.8 Å². The third kappa shape index (κ3) is 9.16. The fourth-order valence-electron chi connectivity index (χ4n) is 6.97. The maximum atomic E-state index is 14.5. The molecule has 2 heterocycles. The molecule has 17 heteroatoms. The number of nitrogens with one attached hydrogen (secondary N) is 1. The molecule has 5 N–H and O–H groups in total. The summed E-state index contributed by atoms with van der Waals surface area (Å²) in [6.45, 7) is 4.57. The van der Waals surface area contributed by atoms with Crippen LogP contribution in [0.5, 0.6) is 11.5 Å². The summed E-state index contributed by atoms with van der Waals surface area (Å²) in [5.74, 6) is 1.45. The minimum Gasteiger partial charge on any atom is -0.457 e. The molecule has 0 unspecified atom stereocenters. The molecule has 0 atom stereocenters. The van der Waals surface area contributed by atoms with E-state index in [2.05, 4.69) is 18.0 Å². The molecule has 1 aliphatic carbocycles. The minimum absolute atomic E-state index is 0.165. The number of fused-ring (bicyclic) bond motifs is 2. The summed E-state index contributed by atoms with van der Waals surface area (Å²) in [6.07, 6.45) is 1.50. The van der Waals surface area contributed by atoms with Crippen molar-refractivity contribution in [1.82, 2.24) is 14.2 Å². The molecule has 0 saturated carbocycles. The first-order valence-electron chi connectivity index (χ1n) is 18.4. The first-order valence-corrected chi connectivity index (χ1v) is 22.7. The zero-order valence-electron chi connectivity index (χ0n) is 32.1. The number of benzene rings is 5. The van der Waals surface area contributed by atoms with Crippen LogP contribution < -0.4 is 25.7 Å². The Morgan fingerprint density at radius 2 is 1.38 bits per heavy atom. The van der Waals surface area contributed by atoms with Crippen LogP contribution in [0.15, 0.2) is 128 Å². The lowest BCUT2D eigenvalue weighted by Gasteiger charge is -2.32. The molecular formula is C41H45N4O10S3+. The van der Waals surface area contributed by atoms with Crippen molar-refractivity contribution in [2.75, 3.05) is 40.3 Å². The fraction of sp³-hybridized carbons (Fsp3) is 0.244. The quantitative estimate of drug-likeness (QED) is 0.0692. The normalized spacial score (nSPS) is 14.9. The topological polar surface area (TPSA) is 210 Å². The molecule has 4 aromatic carbocycles. The molecule has 3 aliphatic rings. The Morgan fingerprint density at radius 3 is 2.00 bits per heavy atom. The van der Waals surface area contributed by atoms with E-state index >= 15 is 0 Å². The monoisotopic (exact) mass is 849 g/mol. The van der Waals surface area contributed by atoms with Gasteiger partial charge < -0.3 is 20.2 Å². The molecule has 1 saturated heterocycles. The third-order valence-electron chi connectivity index (χ3n) is 9.97. The van der Waals surface area contributed by atoms with E-state index < -0.39 is 30.3 Å². The van der Waals surface area contributed by atoms with Crippen LogP contribution in [0.2, 0.25) is 0 Å². The third-order valence-corrected chi connectivity index (χ3v) is 13.7. The van der Waals surface area contributed by atoms with E-state index in [0.717, 1.165) is 25.9 Å². The van der Waals surface area contributed by atoms with Gasteiger partial charge in [-0.05, 0) is 99.6 Å². The second-order valence-electron chi connectivity index (χ2n) is 13.5. The summed E-state index contributed by atoms with van der Waals surface area (Å²) in [4.78, 5) is -0.354. The smallest absolute Gasteiger partial charge is 0.294 e. The molecule has 0 radical (unpaired) electrons. The lowest BCUT2D eigenvalue weighted by atomic mass is 9.93. The molecule has 2 aliphatic heterocycles. The van der Waals surface area contributed by atoms with E-state index in [-0.39, 0.29) is 14.7 Å². The lowest BCUT2D eigenvalue weighted by molar-refractivity contribution is 0.268. The Labute approximate surface area is 338 Å². The molecule has 0 aromatic heterocycles. The van der Waals surface area contributed by atoms with Crippen molar-refractivity contribution in [2.45, 2.75) is 34.5 Å². The highest BCUT2D eigenvalue weighted by Crippen LogP contribution is 2.44. The van der Waals surface area contributed by atoms with Crippen LogP contribution in [0.25, 0.3) is 33.4 Å². The first kappa shape index (κ1) is 42.6. The maximum Gasteiger partial charge on any atom is 0.294 e. The van der Waals surface area contributed by atoms with Gasteiger partial charge in [0.25, 0.3) is 20.2 Å². The predicted octanol–water partition coefficient (Wildman–Crippen LogP) is 5.81. The molecular weight excluding hydrogens is 805 g/mol. The second kappa shape index (κ2) is 17.5. The summed E-state index contributed by atoms with van der Waals surface area (Å²) < 4.78 is 110. The molecule has 4 aromatic rings. The Morgan fingerprint density at radius 1 is 0.776 bits per heavy atom. The van der Waals surface area contributed by atoms with Gasteiger partial charge in [0.1, 0.15) is 29.9 Å². The van der Waals surface area contributed by atoms with Gasteiger partial charge in [0.2, 0.25) is 21.1 Å². The van der Waals surface area contributed by atoms with Crippen LogP contribution in [0.3, 0.4) is 0 Å². The van der Waals surface area contributed by atoms with Gasteiger partial charge >= 0.3 is 0 Å². The number of hydrogen-bond donors (Lipinski definition) is 4. The summed E-state index contributed by atoms with van der Waals surface area (Å²) in [5.41, 5.74) is 7.24. The van der Waals surface area contributed by atoms with E-state index in [0.29, 0.717) is 75.0 Å². The van der Waals surface area contributed by atoms with Crippen molar-refractivity contribution < 1.29 is 43.5 Å². The lowest BCUT2D eigenvalue weighted by Crippen LogP contribution is -2.40. The molecule has 14 nitrogen and oxygen atoms in total. The fourth-order valence-corrected chi connectivity index (χ4v) is 9.60. The van der Waals surface area contributed by atoms with Crippen LogP contribution in [0.1, 0.15) is 19.8 Å². The van der Waals surface area contributed by atoms with Crippen molar-refractivity contribution in [2.24, 2.45) is 11.7 Å². The zero-order valence-corrected chi connectivity index (χ0v) is 34.5. The number of nitrogens with zero attached hydrogens (tertiary/aromatic N) is 2. The van der Waals surface area contributed by atoms with Crippen molar-refractivity contribution in [3.8, 4) is 33.9 Å². The molecule has 0 amide bonds. The van der Waals surface area contributed by atoms with Crippen molar-refractivity contribution in [1.29, 1.82) is 0 Å². The summed E-state index contributed by atoms with van der Waals surface area (Å²) in [6, 6.07) is 28.6. The van der Waals surface area contributed by atoms with Crippen LogP contribution in [-0.2, 0) is 30.3 Å².